The van der Waals surface area contributed by atoms with Crippen LogP contribution in [0.1, 0.15) is 15.4 Å². The van der Waals surface area contributed by atoms with Gasteiger partial charge in [-0.3, -0.25) is 0 Å². The number of carboxylic acid groups (broad SMARTS) is 1. The van der Waals surface area contributed by atoms with Crippen LogP contribution < -0.4 is 15.4 Å². The Balaban J connectivity index is 2.06. The number of urea groups is 1. The van der Waals surface area contributed by atoms with Gasteiger partial charge in [0.2, 0.25) is 0 Å². The summed E-state index contributed by atoms with van der Waals surface area (Å²) in [7, 11) is 1.46. The molecule has 1 heterocycles. The van der Waals surface area contributed by atoms with E-state index < -0.39 is 12.0 Å². The molecule has 110 valence electrons. The number of hydrogen-bond acceptors (Lipinski definition) is 5. The summed E-state index contributed by atoms with van der Waals surface area (Å²) in [5, 5.41) is 16.8. The highest BCUT2D eigenvalue weighted by atomic mass is 32.1. The van der Waals surface area contributed by atoms with E-state index >= 15 is 0 Å². The van der Waals surface area contributed by atoms with Gasteiger partial charge in [0, 0.05) is 17.6 Å². The molecule has 0 bridgehead atoms. The largest absolute Gasteiger partial charge is 0.497 e. The maximum atomic E-state index is 11.8. The molecule has 0 saturated carbocycles. The van der Waals surface area contributed by atoms with Crippen LogP contribution in [0, 0.1) is 0 Å². The van der Waals surface area contributed by atoms with Crippen molar-refractivity contribution in [2.75, 3.05) is 12.4 Å². The molecule has 8 heteroatoms. The first kappa shape index (κ1) is 14.8. The molecule has 0 saturated heterocycles. The van der Waals surface area contributed by atoms with Crippen molar-refractivity contribution in [1.82, 2.24) is 10.3 Å². The van der Waals surface area contributed by atoms with Crippen LogP contribution in [0.2, 0.25) is 0 Å². The topological polar surface area (TPSA) is 101 Å². The van der Waals surface area contributed by atoms with E-state index in [0.717, 1.165) is 5.01 Å². The first-order chi connectivity index (χ1) is 10.1. The lowest BCUT2D eigenvalue weighted by atomic mass is 10.1. The Morgan fingerprint density at radius 1 is 1.43 bits per heavy atom. The maximum Gasteiger partial charge on any atom is 0.337 e. The lowest BCUT2D eigenvalue weighted by Crippen LogP contribution is -2.28. The highest BCUT2D eigenvalue weighted by Crippen LogP contribution is 2.22. The molecule has 0 unspecified atom stereocenters. The highest BCUT2D eigenvalue weighted by Gasteiger charge is 2.13. The predicted molar refractivity (Wildman–Crippen MR) is 77.9 cm³/mol. The van der Waals surface area contributed by atoms with Crippen molar-refractivity contribution in [3.8, 4) is 5.75 Å². The molecule has 0 aliphatic carbocycles. The van der Waals surface area contributed by atoms with E-state index in [1.807, 2.05) is 0 Å². The molecule has 2 aromatic rings. The van der Waals surface area contributed by atoms with Gasteiger partial charge >= 0.3 is 12.0 Å². The van der Waals surface area contributed by atoms with E-state index in [1.165, 1.54) is 36.6 Å². The number of methoxy groups -OCH3 is 1. The molecule has 0 atom stereocenters. The predicted octanol–water partition coefficient (Wildman–Crippen LogP) is 2.17. The number of nitrogens with zero attached hydrogens (tertiary/aromatic N) is 1. The summed E-state index contributed by atoms with van der Waals surface area (Å²) in [6, 6.07) is 3.83. The van der Waals surface area contributed by atoms with Gasteiger partial charge in [0.15, 0.2) is 0 Å². The monoisotopic (exact) mass is 307 g/mol. The van der Waals surface area contributed by atoms with Gasteiger partial charge in [-0.25, -0.2) is 14.6 Å². The van der Waals surface area contributed by atoms with Gasteiger partial charge in [0.25, 0.3) is 0 Å². The van der Waals surface area contributed by atoms with Gasteiger partial charge in [0.05, 0.1) is 24.9 Å². The molecule has 1 aromatic heterocycles. The van der Waals surface area contributed by atoms with E-state index in [0.29, 0.717) is 5.75 Å². The number of amides is 2. The summed E-state index contributed by atoms with van der Waals surface area (Å²) in [5.74, 6) is -0.678. The fourth-order valence-electron chi connectivity index (χ4n) is 1.60. The molecule has 0 aliphatic rings. The quantitative estimate of drug-likeness (QED) is 0.786. The third kappa shape index (κ3) is 3.93. The van der Waals surface area contributed by atoms with Crippen LogP contribution >= 0.6 is 11.3 Å². The van der Waals surface area contributed by atoms with Gasteiger partial charge in [-0.2, -0.15) is 0 Å². The van der Waals surface area contributed by atoms with Crippen LogP contribution in [0.25, 0.3) is 0 Å². The molecule has 2 rings (SSSR count). The average molecular weight is 307 g/mol. The second kappa shape index (κ2) is 6.71. The minimum atomic E-state index is -1.13. The number of aromatic nitrogens is 1. The zero-order valence-corrected chi connectivity index (χ0v) is 11.9. The molecule has 0 spiro atoms. The second-order valence-electron chi connectivity index (χ2n) is 3.95. The molecule has 3 N–H and O–H groups in total. The average Bonchev–Trinajstić information content (AvgIpc) is 2.98. The number of ether oxygens (including phenoxy) is 1. The number of carboxylic acids is 1. The molecule has 0 fully saturated rings. The summed E-state index contributed by atoms with van der Waals surface area (Å²) in [4.78, 5) is 27.0. The van der Waals surface area contributed by atoms with Crippen molar-refractivity contribution >= 4 is 29.0 Å². The van der Waals surface area contributed by atoms with Crippen LogP contribution in [0.5, 0.6) is 5.75 Å². The lowest BCUT2D eigenvalue weighted by molar-refractivity contribution is 0.0698. The summed E-state index contributed by atoms with van der Waals surface area (Å²) >= 11 is 1.42. The number of hydrogen-bond donors (Lipinski definition) is 3. The third-order valence-corrected chi connectivity index (χ3v) is 3.37. The van der Waals surface area contributed by atoms with Crippen LogP contribution in [-0.4, -0.2) is 29.2 Å². The molecular formula is C13H13N3O4S. The van der Waals surface area contributed by atoms with E-state index in [2.05, 4.69) is 15.6 Å². The maximum absolute atomic E-state index is 11.8. The van der Waals surface area contributed by atoms with Crippen LogP contribution in [0.15, 0.2) is 29.8 Å². The number of carbonyl (C=O) groups excluding carboxylic acids is 1. The standard InChI is InChI=1S/C13H13N3O4S/c1-20-8-2-3-9(12(17)18)10(6-8)16-13(19)15-7-11-14-4-5-21-11/h2-6H,7H2,1H3,(H,17,18)(H2,15,16,19). The highest BCUT2D eigenvalue weighted by molar-refractivity contribution is 7.09. The first-order valence-corrected chi connectivity index (χ1v) is 6.82. The normalized spacial score (nSPS) is 9.95. The van der Waals surface area contributed by atoms with Crippen molar-refractivity contribution in [3.63, 3.8) is 0 Å². The molecule has 0 aliphatic heterocycles. The Kier molecular flexibility index (Phi) is 4.72. The van der Waals surface area contributed by atoms with E-state index in [-0.39, 0.29) is 17.8 Å². The second-order valence-corrected chi connectivity index (χ2v) is 4.93. The Morgan fingerprint density at radius 2 is 2.24 bits per heavy atom. The van der Waals surface area contributed by atoms with Gasteiger partial charge in [-0.05, 0) is 12.1 Å². The number of thiazole rings is 1. The Labute approximate surface area is 124 Å². The molecule has 7 nitrogen and oxygen atoms in total. The third-order valence-electron chi connectivity index (χ3n) is 2.59. The van der Waals surface area contributed by atoms with Crippen molar-refractivity contribution < 1.29 is 19.4 Å². The minimum Gasteiger partial charge on any atom is -0.497 e. The Hall–Kier alpha value is -2.61. The zero-order chi connectivity index (χ0) is 15.2. The lowest BCUT2D eigenvalue weighted by Gasteiger charge is -2.10. The van der Waals surface area contributed by atoms with Gasteiger partial charge in [-0.1, -0.05) is 0 Å². The number of anilines is 1. The fraction of sp³-hybridized carbons (Fsp3) is 0.154. The van der Waals surface area contributed by atoms with E-state index in [1.54, 1.807) is 11.6 Å². The van der Waals surface area contributed by atoms with Crippen molar-refractivity contribution in [3.05, 3.63) is 40.3 Å². The first-order valence-electron chi connectivity index (χ1n) is 5.94. The van der Waals surface area contributed by atoms with Crippen LogP contribution in [0.3, 0.4) is 0 Å². The Morgan fingerprint density at radius 3 is 2.86 bits per heavy atom. The zero-order valence-electron chi connectivity index (χ0n) is 11.1. The molecular weight excluding hydrogens is 294 g/mol. The van der Waals surface area contributed by atoms with Crippen LogP contribution in [-0.2, 0) is 6.54 Å². The minimum absolute atomic E-state index is 0.0137. The number of nitrogens with one attached hydrogen (secondary N) is 2. The molecule has 2 amide bonds. The number of aromatic carboxylic acids is 1. The molecule has 21 heavy (non-hydrogen) atoms. The smallest absolute Gasteiger partial charge is 0.337 e. The van der Waals surface area contributed by atoms with Crippen LogP contribution in [0.4, 0.5) is 10.5 Å². The summed E-state index contributed by atoms with van der Waals surface area (Å²) in [5.41, 5.74) is 0.152. The summed E-state index contributed by atoms with van der Waals surface area (Å²) in [6.45, 7) is 0.274. The van der Waals surface area contributed by atoms with Gasteiger partial charge in [0.1, 0.15) is 10.8 Å². The SMILES string of the molecule is COc1ccc(C(=O)O)c(NC(=O)NCc2nccs2)c1. The summed E-state index contributed by atoms with van der Waals surface area (Å²) < 4.78 is 5.02. The fourth-order valence-corrected chi connectivity index (χ4v) is 2.16. The van der Waals surface area contributed by atoms with E-state index in [4.69, 9.17) is 9.84 Å². The van der Waals surface area contributed by atoms with Crippen molar-refractivity contribution in [1.29, 1.82) is 0 Å². The molecule has 1 aromatic carbocycles. The Bertz CT molecular complexity index is 643. The number of rotatable bonds is 5. The van der Waals surface area contributed by atoms with Gasteiger partial charge in [-0.15, -0.1) is 11.3 Å². The molecule has 0 radical (unpaired) electrons. The van der Waals surface area contributed by atoms with Crippen molar-refractivity contribution in [2.45, 2.75) is 6.54 Å². The summed E-state index contributed by atoms with van der Waals surface area (Å²) in [6.07, 6.45) is 1.64. The van der Waals surface area contributed by atoms with Crippen molar-refractivity contribution in [2.24, 2.45) is 0 Å². The van der Waals surface area contributed by atoms with Gasteiger partial charge < -0.3 is 20.5 Å². The number of benzene rings is 1. The van der Waals surface area contributed by atoms with E-state index in [9.17, 15) is 9.59 Å². The number of carbonyl (C=O) groups is 2.